The second-order valence-electron chi connectivity index (χ2n) is 7.53. The lowest BCUT2D eigenvalue weighted by molar-refractivity contribution is 0.159. The molecule has 2 aliphatic rings. The monoisotopic (exact) mass is 351 g/mol. The summed E-state index contributed by atoms with van der Waals surface area (Å²) < 4.78 is 24.1. The first-order valence-electron chi connectivity index (χ1n) is 9.06. The Hall–Kier alpha value is -1.14. The van der Waals surface area contributed by atoms with Crippen molar-refractivity contribution in [1.82, 2.24) is 9.88 Å². The summed E-state index contributed by atoms with van der Waals surface area (Å²) in [7, 11) is -3.25. The minimum atomic E-state index is -3.25. The quantitative estimate of drug-likeness (QED) is 0.834. The number of piperidine rings is 2. The molecule has 0 aromatic carbocycles. The van der Waals surface area contributed by atoms with Gasteiger partial charge in [-0.15, -0.1) is 0 Å². The van der Waals surface area contributed by atoms with Gasteiger partial charge in [-0.25, -0.2) is 13.4 Å². The molecule has 24 heavy (non-hydrogen) atoms. The lowest BCUT2D eigenvalue weighted by atomic mass is 9.94. The summed E-state index contributed by atoms with van der Waals surface area (Å²) >= 11 is 0. The van der Waals surface area contributed by atoms with Crippen LogP contribution in [0.4, 0.5) is 5.82 Å². The maximum atomic E-state index is 12.1. The van der Waals surface area contributed by atoms with E-state index in [4.69, 9.17) is 0 Å². The standard InChI is InChI=1S/C18H29N3O2S/c1-15-7-11-20(12-8-15)13-16-5-4-10-21(14-16)18-17(24(2,22)23)6-3-9-19-18/h3,6,9,15-16H,4-5,7-8,10-14H2,1-2H3. The summed E-state index contributed by atoms with van der Waals surface area (Å²) in [5, 5.41) is 0. The van der Waals surface area contributed by atoms with Gasteiger partial charge in [0.05, 0.1) is 0 Å². The molecule has 0 N–H and O–H groups in total. The molecule has 0 amide bonds. The van der Waals surface area contributed by atoms with Crippen LogP contribution in [0, 0.1) is 11.8 Å². The van der Waals surface area contributed by atoms with Crippen LogP contribution in [0.25, 0.3) is 0 Å². The van der Waals surface area contributed by atoms with Crippen LogP contribution < -0.4 is 4.90 Å². The third kappa shape index (κ3) is 4.28. The van der Waals surface area contributed by atoms with Gasteiger partial charge >= 0.3 is 0 Å². The van der Waals surface area contributed by atoms with Crippen molar-refractivity contribution in [2.24, 2.45) is 11.8 Å². The molecule has 6 heteroatoms. The fourth-order valence-corrected chi connectivity index (χ4v) is 4.76. The first-order valence-corrected chi connectivity index (χ1v) is 10.9. The summed E-state index contributed by atoms with van der Waals surface area (Å²) in [6.07, 6.45) is 7.89. The first-order chi connectivity index (χ1) is 11.4. The third-order valence-electron chi connectivity index (χ3n) is 5.36. The summed E-state index contributed by atoms with van der Waals surface area (Å²) in [6, 6.07) is 3.38. The fourth-order valence-electron chi connectivity index (χ4n) is 3.93. The van der Waals surface area contributed by atoms with Crippen LogP contribution in [0.1, 0.15) is 32.6 Å². The molecule has 0 bridgehead atoms. The Balaban J connectivity index is 1.68. The predicted molar refractivity (Wildman–Crippen MR) is 97.1 cm³/mol. The summed E-state index contributed by atoms with van der Waals surface area (Å²) in [5.74, 6) is 2.09. The van der Waals surface area contributed by atoms with Gasteiger partial charge in [0.1, 0.15) is 10.7 Å². The van der Waals surface area contributed by atoms with Gasteiger partial charge in [-0.3, -0.25) is 0 Å². The molecule has 5 nitrogen and oxygen atoms in total. The number of aromatic nitrogens is 1. The smallest absolute Gasteiger partial charge is 0.179 e. The topological polar surface area (TPSA) is 53.5 Å². The van der Waals surface area contributed by atoms with E-state index in [0.717, 1.165) is 32.0 Å². The van der Waals surface area contributed by atoms with Gasteiger partial charge in [0, 0.05) is 32.1 Å². The summed E-state index contributed by atoms with van der Waals surface area (Å²) in [4.78, 5) is 9.52. The zero-order chi connectivity index (χ0) is 17.2. The van der Waals surface area contributed by atoms with Gasteiger partial charge in [-0.05, 0) is 62.7 Å². The van der Waals surface area contributed by atoms with Crippen LogP contribution in [0.2, 0.25) is 0 Å². The molecule has 1 unspecified atom stereocenters. The minimum Gasteiger partial charge on any atom is -0.355 e. The molecule has 1 aromatic heterocycles. The molecule has 134 valence electrons. The van der Waals surface area contributed by atoms with E-state index in [1.165, 1.54) is 38.6 Å². The number of hydrogen-bond donors (Lipinski definition) is 0. The van der Waals surface area contributed by atoms with Crippen LogP contribution in [-0.4, -0.2) is 57.3 Å². The molecule has 1 aromatic rings. The second-order valence-corrected chi connectivity index (χ2v) is 9.52. The van der Waals surface area contributed by atoms with E-state index in [0.29, 0.717) is 16.6 Å². The number of pyridine rings is 1. The molecule has 0 aliphatic carbocycles. The largest absolute Gasteiger partial charge is 0.355 e. The molecule has 1 atom stereocenters. The highest BCUT2D eigenvalue weighted by Crippen LogP contribution is 2.28. The SMILES string of the molecule is CC1CCN(CC2CCCN(c3ncccc3S(C)(=O)=O)C2)CC1. The van der Waals surface area contributed by atoms with Crippen molar-refractivity contribution in [3.63, 3.8) is 0 Å². The Morgan fingerprint density at radius 2 is 1.96 bits per heavy atom. The van der Waals surface area contributed by atoms with E-state index >= 15 is 0 Å². The maximum absolute atomic E-state index is 12.1. The highest BCUT2D eigenvalue weighted by Gasteiger charge is 2.27. The van der Waals surface area contributed by atoms with Gasteiger partial charge in [0.2, 0.25) is 0 Å². The molecular weight excluding hydrogens is 322 g/mol. The minimum absolute atomic E-state index is 0.359. The van der Waals surface area contributed by atoms with Crippen LogP contribution >= 0.6 is 0 Å². The zero-order valence-corrected chi connectivity index (χ0v) is 15.6. The summed E-state index contributed by atoms with van der Waals surface area (Å²) in [6.45, 7) is 7.68. The van der Waals surface area contributed by atoms with E-state index < -0.39 is 9.84 Å². The molecule has 3 rings (SSSR count). The number of rotatable bonds is 4. The molecule has 0 spiro atoms. The Morgan fingerprint density at radius 3 is 2.67 bits per heavy atom. The van der Waals surface area contributed by atoms with E-state index in [2.05, 4.69) is 21.7 Å². The van der Waals surface area contributed by atoms with Crippen LogP contribution in [0.5, 0.6) is 0 Å². The number of anilines is 1. The second kappa shape index (κ2) is 7.40. The highest BCUT2D eigenvalue weighted by atomic mass is 32.2. The van der Waals surface area contributed by atoms with E-state index in [-0.39, 0.29) is 0 Å². The lowest BCUT2D eigenvalue weighted by Crippen LogP contribution is -2.43. The van der Waals surface area contributed by atoms with Crippen LogP contribution in [-0.2, 0) is 9.84 Å². The van der Waals surface area contributed by atoms with Gasteiger partial charge in [-0.1, -0.05) is 6.92 Å². The maximum Gasteiger partial charge on any atom is 0.179 e. The van der Waals surface area contributed by atoms with E-state index in [1.807, 2.05) is 0 Å². The Morgan fingerprint density at radius 1 is 1.21 bits per heavy atom. The molecule has 0 saturated carbocycles. The zero-order valence-electron chi connectivity index (χ0n) is 14.8. The first kappa shape index (κ1) is 17.7. The van der Waals surface area contributed by atoms with E-state index in [9.17, 15) is 8.42 Å². The average Bonchev–Trinajstić information content (AvgIpc) is 2.56. The number of nitrogens with zero attached hydrogens (tertiary/aromatic N) is 3. The molecule has 3 heterocycles. The number of likely N-dealkylation sites (tertiary alicyclic amines) is 1. The van der Waals surface area contributed by atoms with Crippen LogP contribution in [0.3, 0.4) is 0 Å². The van der Waals surface area contributed by atoms with Gasteiger partial charge in [0.15, 0.2) is 9.84 Å². The Labute approximate surface area is 146 Å². The lowest BCUT2D eigenvalue weighted by Gasteiger charge is -2.38. The van der Waals surface area contributed by atoms with Gasteiger partial charge in [0.25, 0.3) is 0 Å². The van der Waals surface area contributed by atoms with Gasteiger partial charge < -0.3 is 9.80 Å². The Kier molecular flexibility index (Phi) is 5.45. The van der Waals surface area contributed by atoms with Crippen molar-refractivity contribution in [2.75, 3.05) is 43.9 Å². The summed E-state index contributed by atoms with van der Waals surface area (Å²) in [5.41, 5.74) is 0. The van der Waals surface area contributed by atoms with Crippen molar-refractivity contribution >= 4 is 15.7 Å². The predicted octanol–water partition coefficient (Wildman–Crippen LogP) is 2.43. The van der Waals surface area contributed by atoms with Crippen molar-refractivity contribution in [3.05, 3.63) is 18.3 Å². The molecule has 2 aliphatic heterocycles. The number of hydrogen-bond acceptors (Lipinski definition) is 5. The van der Waals surface area contributed by atoms with Crippen molar-refractivity contribution < 1.29 is 8.42 Å². The Bertz CT molecular complexity index is 654. The average molecular weight is 352 g/mol. The normalized spacial score (nSPS) is 24.2. The van der Waals surface area contributed by atoms with Crippen molar-refractivity contribution in [2.45, 2.75) is 37.5 Å². The van der Waals surface area contributed by atoms with Crippen LogP contribution in [0.15, 0.2) is 23.2 Å². The van der Waals surface area contributed by atoms with Crippen molar-refractivity contribution in [1.29, 1.82) is 0 Å². The molecular formula is C18H29N3O2S. The van der Waals surface area contributed by atoms with Gasteiger partial charge in [-0.2, -0.15) is 0 Å². The van der Waals surface area contributed by atoms with Crippen molar-refractivity contribution in [3.8, 4) is 0 Å². The number of sulfone groups is 1. The molecule has 2 fully saturated rings. The van der Waals surface area contributed by atoms with E-state index in [1.54, 1.807) is 18.3 Å². The fraction of sp³-hybridized carbons (Fsp3) is 0.722. The third-order valence-corrected chi connectivity index (χ3v) is 6.48. The molecule has 0 radical (unpaired) electrons. The highest BCUT2D eigenvalue weighted by molar-refractivity contribution is 7.90. The molecule has 2 saturated heterocycles.